The molecule has 1 unspecified atom stereocenters. The van der Waals surface area contributed by atoms with Gasteiger partial charge in [-0.25, -0.2) is 4.79 Å². The van der Waals surface area contributed by atoms with Gasteiger partial charge in [0, 0.05) is 20.1 Å². The minimum atomic E-state index is -0.436. The van der Waals surface area contributed by atoms with Crippen molar-refractivity contribution >= 4 is 34.7 Å². The molecule has 2 N–H and O–H groups in total. The highest BCUT2D eigenvalue weighted by molar-refractivity contribution is 7.00. The van der Waals surface area contributed by atoms with Gasteiger partial charge in [-0.2, -0.15) is 8.75 Å². The Morgan fingerprint density at radius 2 is 2.27 bits per heavy atom. The maximum absolute atomic E-state index is 12.2. The highest BCUT2D eigenvalue weighted by atomic mass is 32.1. The number of nitrogens with one attached hydrogen (secondary N) is 2. The molecule has 1 aromatic carbocycles. The molecular formula is C14H17N5O2S. The third kappa shape index (κ3) is 3.16. The number of carbonyl (C=O) groups excluding carboxylic acids is 2. The van der Waals surface area contributed by atoms with Crippen LogP contribution in [0.25, 0.3) is 11.0 Å². The lowest BCUT2D eigenvalue weighted by atomic mass is 10.1. The van der Waals surface area contributed by atoms with E-state index in [1.165, 1.54) is 11.7 Å². The maximum Gasteiger partial charge on any atom is 0.318 e. The summed E-state index contributed by atoms with van der Waals surface area (Å²) in [6.45, 7) is 1.14. The van der Waals surface area contributed by atoms with E-state index in [0.29, 0.717) is 19.5 Å². The van der Waals surface area contributed by atoms with Crippen LogP contribution >= 0.6 is 11.7 Å². The molecule has 3 rings (SSSR count). The highest BCUT2D eigenvalue weighted by Gasteiger charge is 2.24. The Hall–Kier alpha value is -2.22. The largest absolute Gasteiger partial charge is 0.354 e. The smallest absolute Gasteiger partial charge is 0.318 e. The fraction of sp³-hybridized carbons (Fsp3) is 0.429. The molecule has 22 heavy (non-hydrogen) atoms. The van der Waals surface area contributed by atoms with Gasteiger partial charge in [0.2, 0.25) is 5.91 Å². The van der Waals surface area contributed by atoms with E-state index in [-0.39, 0.29) is 11.9 Å². The van der Waals surface area contributed by atoms with Gasteiger partial charge in [0.25, 0.3) is 0 Å². The van der Waals surface area contributed by atoms with E-state index in [1.807, 2.05) is 18.2 Å². The lowest BCUT2D eigenvalue weighted by molar-refractivity contribution is -0.124. The number of carbonyl (C=O) groups is 2. The monoisotopic (exact) mass is 319 g/mol. The molecule has 1 aromatic heterocycles. The Balaban J connectivity index is 1.61. The summed E-state index contributed by atoms with van der Waals surface area (Å²) < 4.78 is 8.35. The molecule has 0 saturated carbocycles. The molecule has 2 heterocycles. The predicted molar refractivity (Wildman–Crippen MR) is 83.4 cm³/mol. The quantitative estimate of drug-likeness (QED) is 0.887. The number of fused-ring (bicyclic) bond motifs is 1. The Morgan fingerprint density at radius 3 is 3.09 bits per heavy atom. The van der Waals surface area contributed by atoms with E-state index in [2.05, 4.69) is 19.4 Å². The first-order valence-corrected chi connectivity index (χ1v) is 7.87. The van der Waals surface area contributed by atoms with Gasteiger partial charge in [0.15, 0.2) is 0 Å². The van der Waals surface area contributed by atoms with Crippen molar-refractivity contribution in [1.82, 2.24) is 24.3 Å². The fourth-order valence-electron chi connectivity index (χ4n) is 2.44. The molecule has 2 aromatic rings. The SMILES string of the molecule is CN(Cc1ccc2nsnc2c1)C(=O)NC1CCCNC1=O. The van der Waals surface area contributed by atoms with Gasteiger partial charge in [-0.05, 0) is 30.5 Å². The Labute approximate surface area is 132 Å². The van der Waals surface area contributed by atoms with Gasteiger partial charge in [0.05, 0.1) is 11.7 Å². The minimum absolute atomic E-state index is 0.108. The molecule has 1 saturated heterocycles. The summed E-state index contributed by atoms with van der Waals surface area (Å²) >= 11 is 1.17. The summed E-state index contributed by atoms with van der Waals surface area (Å²) in [4.78, 5) is 25.4. The predicted octanol–water partition coefficient (Wildman–Crippen LogP) is 1.11. The number of rotatable bonds is 3. The number of piperidine rings is 1. The molecule has 1 atom stereocenters. The molecule has 0 radical (unpaired) electrons. The molecule has 0 aliphatic carbocycles. The van der Waals surface area contributed by atoms with Crippen molar-refractivity contribution in [2.45, 2.75) is 25.4 Å². The van der Waals surface area contributed by atoms with Crippen LogP contribution in [0.5, 0.6) is 0 Å². The van der Waals surface area contributed by atoms with E-state index in [4.69, 9.17) is 0 Å². The molecule has 3 amide bonds. The minimum Gasteiger partial charge on any atom is -0.354 e. The van der Waals surface area contributed by atoms with Crippen LogP contribution in [0, 0.1) is 0 Å². The van der Waals surface area contributed by atoms with Crippen molar-refractivity contribution in [3.05, 3.63) is 23.8 Å². The summed E-state index contributed by atoms with van der Waals surface area (Å²) in [6, 6.07) is 5.07. The van der Waals surface area contributed by atoms with E-state index in [1.54, 1.807) is 11.9 Å². The first kappa shape index (κ1) is 14.7. The van der Waals surface area contributed by atoms with Gasteiger partial charge in [-0.15, -0.1) is 0 Å². The average molecular weight is 319 g/mol. The lowest BCUT2D eigenvalue weighted by Crippen LogP contribution is -2.52. The molecule has 0 spiro atoms. The summed E-state index contributed by atoms with van der Waals surface area (Å²) in [5.74, 6) is -0.108. The zero-order valence-electron chi connectivity index (χ0n) is 12.2. The molecule has 1 aliphatic heterocycles. The van der Waals surface area contributed by atoms with Crippen molar-refractivity contribution < 1.29 is 9.59 Å². The average Bonchev–Trinajstić information content (AvgIpc) is 2.97. The second-order valence-electron chi connectivity index (χ2n) is 5.38. The van der Waals surface area contributed by atoms with Gasteiger partial charge in [0.1, 0.15) is 17.1 Å². The topological polar surface area (TPSA) is 87.2 Å². The molecule has 8 heteroatoms. The Morgan fingerprint density at radius 1 is 1.45 bits per heavy atom. The zero-order chi connectivity index (χ0) is 15.5. The summed E-state index contributed by atoms with van der Waals surface area (Å²) in [6.07, 6.45) is 1.57. The molecule has 0 bridgehead atoms. The number of hydrogen-bond donors (Lipinski definition) is 2. The van der Waals surface area contributed by atoms with Crippen LogP contribution in [-0.2, 0) is 11.3 Å². The van der Waals surface area contributed by atoms with Crippen molar-refractivity contribution in [3.8, 4) is 0 Å². The van der Waals surface area contributed by atoms with Crippen LogP contribution in [0.15, 0.2) is 18.2 Å². The molecule has 116 valence electrons. The van der Waals surface area contributed by atoms with E-state index < -0.39 is 6.04 Å². The molecule has 1 fully saturated rings. The van der Waals surface area contributed by atoms with Crippen molar-refractivity contribution in [3.63, 3.8) is 0 Å². The Bertz CT molecular complexity index is 701. The number of nitrogens with zero attached hydrogens (tertiary/aromatic N) is 3. The number of hydrogen-bond acceptors (Lipinski definition) is 5. The van der Waals surface area contributed by atoms with Crippen LogP contribution in [0.2, 0.25) is 0 Å². The third-order valence-corrected chi connectivity index (χ3v) is 4.22. The van der Waals surface area contributed by atoms with Gasteiger partial charge >= 0.3 is 6.03 Å². The number of amides is 3. The van der Waals surface area contributed by atoms with Crippen LogP contribution in [0.1, 0.15) is 18.4 Å². The van der Waals surface area contributed by atoms with E-state index in [0.717, 1.165) is 23.0 Å². The second-order valence-corrected chi connectivity index (χ2v) is 5.91. The third-order valence-electron chi connectivity index (χ3n) is 3.67. The number of benzene rings is 1. The summed E-state index contributed by atoms with van der Waals surface area (Å²) in [5, 5.41) is 5.53. The second kappa shape index (κ2) is 6.27. The van der Waals surface area contributed by atoms with E-state index in [9.17, 15) is 9.59 Å². The van der Waals surface area contributed by atoms with Crippen molar-refractivity contribution in [1.29, 1.82) is 0 Å². The van der Waals surface area contributed by atoms with Crippen molar-refractivity contribution in [2.24, 2.45) is 0 Å². The first-order valence-electron chi connectivity index (χ1n) is 7.14. The van der Waals surface area contributed by atoms with Gasteiger partial charge in [-0.3, -0.25) is 4.79 Å². The molecule has 1 aliphatic rings. The lowest BCUT2D eigenvalue weighted by Gasteiger charge is -2.26. The fourth-order valence-corrected chi connectivity index (χ4v) is 2.96. The van der Waals surface area contributed by atoms with Gasteiger partial charge < -0.3 is 15.5 Å². The normalized spacial score (nSPS) is 18.0. The van der Waals surface area contributed by atoms with Crippen LogP contribution in [0.4, 0.5) is 4.79 Å². The van der Waals surface area contributed by atoms with Gasteiger partial charge in [-0.1, -0.05) is 6.07 Å². The number of aromatic nitrogens is 2. The number of urea groups is 1. The van der Waals surface area contributed by atoms with E-state index >= 15 is 0 Å². The molecular weight excluding hydrogens is 302 g/mol. The summed E-state index contributed by atoms with van der Waals surface area (Å²) in [5.41, 5.74) is 2.67. The Kier molecular flexibility index (Phi) is 4.19. The zero-order valence-corrected chi connectivity index (χ0v) is 13.0. The van der Waals surface area contributed by atoms with Crippen LogP contribution < -0.4 is 10.6 Å². The highest BCUT2D eigenvalue weighted by Crippen LogP contribution is 2.15. The molecule has 7 nitrogen and oxygen atoms in total. The van der Waals surface area contributed by atoms with Crippen LogP contribution in [-0.4, -0.2) is 45.2 Å². The maximum atomic E-state index is 12.2. The summed E-state index contributed by atoms with van der Waals surface area (Å²) in [7, 11) is 1.71. The van der Waals surface area contributed by atoms with Crippen LogP contribution in [0.3, 0.4) is 0 Å². The standard InChI is InChI=1S/C14H17N5O2S/c1-19(14(21)16-11-3-2-6-15-13(11)20)8-9-4-5-10-12(7-9)18-22-17-10/h4-5,7,11H,2-3,6,8H2,1H3,(H,15,20)(H,16,21). The van der Waals surface area contributed by atoms with Crippen molar-refractivity contribution in [2.75, 3.05) is 13.6 Å². The first-order chi connectivity index (χ1) is 10.6.